The van der Waals surface area contributed by atoms with E-state index in [9.17, 15) is 9.59 Å². The summed E-state index contributed by atoms with van der Waals surface area (Å²) >= 11 is 6.06. The van der Waals surface area contributed by atoms with Crippen molar-refractivity contribution in [3.05, 3.63) is 34.9 Å². The summed E-state index contributed by atoms with van der Waals surface area (Å²) in [6.45, 7) is 0.454. The van der Waals surface area contributed by atoms with Crippen molar-refractivity contribution in [3.63, 3.8) is 0 Å². The van der Waals surface area contributed by atoms with Gasteiger partial charge in [0.15, 0.2) is 0 Å². The van der Waals surface area contributed by atoms with Crippen molar-refractivity contribution in [2.24, 2.45) is 0 Å². The number of amides is 1. The quantitative estimate of drug-likeness (QED) is 0.896. The summed E-state index contributed by atoms with van der Waals surface area (Å²) in [4.78, 5) is 25.9. The van der Waals surface area contributed by atoms with Gasteiger partial charge in [-0.3, -0.25) is 9.59 Å². The minimum absolute atomic E-state index is 0.00515. The molecule has 1 aromatic rings. The minimum atomic E-state index is -0.892. The second kappa shape index (κ2) is 6.13. The van der Waals surface area contributed by atoms with Crippen LogP contribution in [0.15, 0.2) is 24.3 Å². The van der Waals surface area contributed by atoms with Crippen LogP contribution in [0.2, 0.25) is 5.02 Å². The van der Waals surface area contributed by atoms with Gasteiger partial charge in [-0.2, -0.15) is 0 Å². The Morgan fingerprint density at radius 1 is 1.43 bits per heavy atom. The highest BCUT2D eigenvalue weighted by Gasteiger charge is 2.55. The van der Waals surface area contributed by atoms with Gasteiger partial charge in [-0.25, -0.2) is 0 Å². The highest BCUT2D eigenvalue weighted by atomic mass is 35.5. The van der Waals surface area contributed by atoms with Gasteiger partial charge in [0.2, 0.25) is 5.91 Å². The molecule has 3 rings (SSSR count). The summed E-state index contributed by atoms with van der Waals surface area (Å²) < 4.78 is 5.35. The molecule has 1 saturated carbocycles. The lowest BCUT2D eigenvalue weighted by molar-refractivity contribution is -0.140. The third-order valence-corrected chi connectivity index (χ3v) is 5.15. The molecule has 2 atom stereocenters. The number of nitrogens with zero attached hydrogens (tertiary/aromatic N) is 1. The Morgan fingerprint density at radius 2 is 2.17 bits per heavy atom. The molecule has 0 aromatic heterocycles. The molecule has 6 heteroatoms. The summed E-state index contributed by atoms with van der Waals surface area (Å²) in [7, 11) is 1.60. The summed E-state index contributed by atoms with van der Waals surface area (Å²) in [6.07, 6.45) is 1.98. The second-order valence-electron chi connectivity index (χ2n) is 6.40. The number of carboxylic acids is 1. The number of carbonyl (C=O) groups excluding carboxylic acids is 1. The largest absolute Gasteiger partial charge is 0.481 e. The van der Waals surface area contributed by atoms with E-state index in [1.807, 2.05) is 18.2 Å². The zero-order valence-corrected chi connectivity index (χ0v) is 13.8. The monoisotopic (exact) mass is 337 g/mol. The number of rotatable bonds is 5. The summed E-state index contributed by atoms with van der Waals surface area (Å²) in [5, 5.41) is 9.72. The third kappa shape index (κ3) is 3.08. The number of halogens is 1. The van der Waals surface area contributed by atoms with E-state index in [0.29, 0.717) is 18.0 Å². The predicted octanol–water partition coefficient (Wildman–Crippen LogP) is 2.46. The van der Waals surface area contributed by atoms with Gasteiger partial charge in [0.25, 0.3) is 0 Å². The molecule has 1 N–H and O–H groups in total. The zero-order valence-electron chi connectivity index (χ0n) is 13.0. The maximum atomic E-state index is 13.1. The fraction of sp³-hybridized carbons (Fsp3) is 0.529. The van der Waals surface area contributed by atoms with Gasteiger partial charge in [0.05, 0.1) is 17.9 Å². The molecule has 2 aliphatic rings. The van der Waals surface area contributed by atoms with Gasteiger partial charge in [-0.15, -0.1) is 0 Å². The number of methoxy groups -OCH3 is 1. The number of carbonyl (C=O) groups is 2. The van der Waals surface area contributed by atoms with Crippen molar-refractivity contribution in [3.8, 4) is 0 Å². The topological polar surface area (TPSA) is 66.8 Å². The van der Waals surface area contributed by atoms with Crippen molar-refractivity contribution in [1.82, 2.24) is 4.90 Å². The highest BCUT2D eigenvalue weighted by molar-refractivity contribution is 6.30. The van der Waals surface area contributed by atoms with Crippen LogP contribution in [0.4, 0.5) is 0 Å². The number of hydrogen-bond donors (Lipinski definition) is 1. The first-order valence-electron chi connectivity index (χ1n) is 7.78. The molecule has 5 nitrogen and oxygen atoms in total. The van der Waals surface area contributed by atoms with E-state index in [1.165, 1.54) is 0 Å². The lowest BCUT2D eigenvalue weighted by atomic mass is 9.94. The van der Waals surface area contributed by atoms with E-state index in [-0.39, 0.29) is 24.5 Å². The maximum absolute atomic E-state index is 13.1. The van der Waals surface area contributed by atoms with Gasteiger partial charge in [0, 0.05) is 24.7 Å². The molecule has 1 amide bonds. The number of benzene rings is 1. The average Bonchev–Trinajstić information content (AvgIpc) is 3.23. The van der Waals surface area contributed by atoms with Crippen LogP contribution in [0.3, 0.4) is 0 Å². The SMILES string of the molecule is COC1CC(CC(=O)O)N(C(=O)C2(c3cccc(Cl)c3)CC2)C1. The molecule has 2 fully saturated rings. The Labute approximate surface area is 140 Å². The Kier molecular flexibility index (Phi) is 4.34. The summed E-state index contributed by atoms with van der Waals surface area (Å²) in [5.41, 5.74) is 0.384. The molecule has 2 unspecified atom stereocenters. The fourth-order valence-corrected chi connectivity index (χ4v) is 3.69. The number of likely N-dealkylation sites (tertiary alicyclic amines) is 1. The molecular weight excluding hydrogens is 318 g/mol. The molecule has 0 spiro atoms. The van der Waals surface area contributed by atoms with Crippen LogP contribution in [0.5, 0.6) is 0 Å². The molecule has 0 bridgehead atoms. The van der Waals surface area contributed by atoms with E-state index in [0.717, 1.165) is 18.4 Å². The Hall–Kier alpha value is -1.59. The van der Waals surface area contributed by atoms with E-state index in [2.05, 4.69) is 0 Å². The molecule has 124 valence electrons. The average molecular weight is 338 g/mol. The van der Waals surface area contributed by atoms with Crippen LogP contribution >= 0.6 is 11.6 Å². The smallest absolute Gasteiger partial charge is 0.305 e. The number of carboxylic acid groups (broad SMARTS) is 1. The van der Waals surface area contributed by atoms with Crippen LogP contribution in [-0.2, 0) is 19.7 Å². The molecular formula is C17H20ClNO4. The first kappa shape index (κ1) is 16.3. The normalized spacial score (nSPS) is 25.4. The van der Waals surface area contributed by atoms with E-state index in [1.54, 1.807) is 18.1 Å². The number of ether oxygens (including phenoxy) is 1. The Bertz CT molecular complexity index is 629. The maximum Gasteiger partial charge on any atom is 0.305 e. The Balaban J connectivity index is 1.84. The van der Waals surface area contributed by atoms with Crippen LogP contribution in [0, 0.1) is 0 Å². The molecule has 1 aliphatic heterocycles. The molecule has 1 heterocycles. The van der Waals surface area contributed by atoms with Crippen molar-refractivity contribution in [2.75, 3.05) is 13.7 Å². The third-order valence-electron chi connectivity index (χ3n) is 4.92. The highest BCUT2D eigenvalue weighted by Crippen LogP contribution is 2.51. The van der Waals surface area contributed by atoms with Gasteiger partial charge < -0.3 is 14.7 Å². The molecule has 0 radical (unpaired) electrons. The van der Waals surface area contributed by atoms with Gasteiger partial charge >= 0.3 is 5.97 Å². The molecule has 1 aromatic carbocycles. The van der Waals surface area contributed by atoms with E-state index in [4.69, 9.17) is 21.4 Å². The first-order valence-corrected chi connectivity index (χ1v) is 8.16. The number of hydrogen-bond acceptors (Lipinski definition) is 3. The van der Waals surface area contributed by atoms with Crippen LogP contribution in [0.25, 0.3) is 0 Å². The predicted molar refractivity (Wildman–Crippen MR) is 85.5 cm³/mol. The van der Waals surface area contributed by atoms with Crippen LogP contribution in [0.1, 0.15) is 31.2 Å². The van der Waals surface area contributed by atoms with Gasteiger partial charge in [-0.05, 0) is 37.0 Å². The van der Waals surface area contributed by atoms with Gasteiger partial charge in [0.1, 0.15) is 0 Å². The van der Waals surface area contributed by atoms with Crippen molar-refractivity contribution in [1.29, 1.82) is 0 Å². The lowest BCUT2D eigenvalue weighted by Gasteiger charge is -2.28. The summed E-state index contributed by atoms with van der Waals surface area (Å²) in [6, 6.07) is 7.09. The Morgan fingerprint density at radius 3 is 2.74 bits per heavy atom. The molecule has 1 aliphatic carbocycles. The van der Waals surface area contributed by atoms with Crippen molar-refractivity contribution >= 4 is 23.5 Å². The van der Waals surface area contributed by atoms with Crippen molar-refractivity contribution < 1.29 is 19.4 Å². The minimum Gasteiger partial charge on any atom is -0.481 e. The lowest BCUT2D eigenvalue weighted by Crippen LogP contribution is -2.43. The second-order valence-corrected chi connectivity index (χ2v) is 6.83. The standard InChI is InChI=1S/C17H20ClNO4/c1-23-14-8-13(9-15(20)21)19(10-14)16(22)17(5-6-17)11-3-2-4-12(18)7-11/h2-4,7,13-14H,5-6,8-10H2,1H3,(H,20,21). The summed E-state index contributed by atoms with van der Waals surface area (Å²) in [5.74, 6) is -0.886. The molecule has 23 heavy (non-hydrogen) atoms. The van der Waals surface area contributed by atoms with Crippen LogP contribution in [-0.4, -0.2) is 47.7 Å². The first-order chi connectivity index (χ1) is 11.0. The van der Waals surface area contributed by atoms with E-state index >= 15 is 0 Å². The van der Waals surface area contributed by atoms with E-state index < -0.39 is 11.4 Å². The fourth-order valence-electron chi connectivity index (χ4n) is 3.50. The van der Waals surface area contributed by atoms with Crippen molar-refractivity contribution in [2.45, 2.75) is 43.2 Å². The van der Waals surface area contributed by atoms with Gasteiger partial charge in [-0.1, -0.05) is 23.7 Å². The molecule has 1 saturated heterocycles. The zero-order chi connectivity index (χ0) is 16.6. The number of aliphatic carboxylic acids is 1. The van der Waals surface area contributed by atoms with Crippen LogP contribution < -0.4 is 0 Å².